The van der Waals surface area contributed by atoms with Crippen LogP contribution in [0.3, 0.4) is 0 Å². The van der Waals surface area contributed by atoms with Crippen LogP contribution in [0.1, 0.15) is 36.9 Å². The van der Waals surface area contributed by atoms with Gasteiger partial charge in [0, 0.05) is 6.04 Å². The first-order valence-electron chi connectivity index (χ1n) is 5.71. The molecule has 2 aliphatic rings. The van der Waals surface area contributed by atoms with E-state index in [1.54, 1.807) is 12.1 Å². The van der Waals surface area contributed by atoms with Crippen molar-refractivity contribution in [2.24, 2.45) is 5.41 Å². The molecule has 15 heavy (non-hydrogen) atoms. The Morgan fingerprint density at radius 1 is 1.47 bits per heavy atom. The van der Waals surface area contributed by atoms with Crippen molar-refractivity contribution in [3.63, 3.8) is 0 Å². The second-order valence-electron chi connectivity index (χ2n) is 5.16. The standard InChI is InChI=1S/C13H16FN/c1-13-5-2-6-15-12(13)11-7-10(14)4-3-9(11)8-13/h3-4,7,12,15H,2,5-6,8H2,1H3/t12-,13+/m1/s1. The third-order valence-electron chi connectivity index (χ3n) is 3.98. The molecule has 1 fully saturated rings. The van der Waals surface area contributed by atoms with E-state index >= 15 is 0 Å². The lowest BCUT2D eigenvalue weighted by molar-refractivity contribution is 0.178. The van der Waals surface area contributed by atoms with Crippen molar-refractivity contribution < 1.29 is 4.39 Å². The summed E-state index contributed by atoms with van der Waals surface area (Å²) >= 11 is 0. The molecule has 0 aromatic heterocycles. The van der Waals surface area contributed by atoms with Crippen molar-refractivity contribution >= 4 is 0 Å². The highest BCUT2D eigenvalue weighted by atomic mass is 19.1. The third-order valence-corrected chi connectivity index (χ3v) is 3.98. The average Bonchev–Trinajstić information content (AvgIpc) is 2.50. The number of halogens is 1. The van der Waals surface area contributed by atoms with Crippen LogP contribution in [0.4, 0.5) is 4.39 Å². The summed E-state index contributed by atoms with van der Waals surface area (Å²) in [6.07, 6.45) is 3.59. The van der Waals surface area contributed by atoms with Crippen LogP contribution in [0.15, 0.2) is 18.2 Å². The maximum absolute atomic E-state index is 13.2. The minimum absolute atomic E-state index is 0.106. The monoisotopic (exact) mass is 205 g/mol. The fourth-order valence-electron chi connectivity index (χ4n) is 3.24. The van der Waals surface area contributed by atoms with Crippen LogP contribution < -0.4 is 5.32 Å². The molecule has 1 aliphatic heterocycles. The van der Waals surface area contributed by atoms with Gasteiger partial charge in [0.2, 0.25) is 0 Å². The Balaban J connectivity index is 2.08. The Morgan fingerprint density at radius 2 is 2.33 bits per heavy atom. The lowest BCUT2D eigenvalue weighted by atomic mass is 9.76. The van der Waals surface area contributed by atoms with Gasteiger partial charge in [0.25, 0.3) is 0 Å². The molecular weight excluding hydrogens is 189 g/mol. The van der Waals surface area contributed by atoms with Crippen LogP contribution in [0.2, 0.25) is 0 Å². The summed E-state index contributed by atoms with van der Waals surface area (Å²) in [6, 6.07) is 5.62. The largest absolute Gasteiger partial charge is 0.309 e. The number of piperidine rings is 1. The maximum Gasteiger partial charge on any atom is 0.123 e. The number of nitrogens with one attached hydrogen (secondary N) is 1. The van der Waals surface area contributed by atoms with Crippen LogP contribution in [0.5, 0.6) is 0 Å². The molecule has 1 aromatic carbocycles. The lowest BCUT2D eigenvalue weighted by Gasteiger charge is -2.37. The van der Waals surface area contributed by atoms with Gasteiger partial charge in [0.15, 0.2) is 0 Å². The molecule has 0 spiro atoms. The minimum atomic E-state index is -0.106. The summed E-state index contributed by atoms with van der Waals surface area (Å²) in [4.78, 5) is 0. The number of rotatable bonds is 0. The summed E-state index contributed by atoms with van der Waals surface area (Å²) in [5.41, 5.74) is 2.84. The minimum Gasteiger partial charge on any atom is -0.309 e. The van der Waals surface area contributed by atoms with Crippen molar-refractivity contribution in [1.29, 1.82) is 0 Å². The van der Waals surface area contributed by atoms with Crippen molar-refractivity contribution in [2.75, 3.05) is 6.54 Å². The molecule has 1 N–H and O–H groups in total. The van der Waals surface area contributed by atoms with Gasteiger partial charge in [0.05, 0.1) is 0 Å². The molecule has 80 valence electrons. The van der Waals surface area contributed by atoms with E-state index in [1.165, 1.54) is 24.0 Å². The number of hydrogen-bond acceptors (Lipinski definition) is 1. The first-order valence-corrected chi connectivity index (χ1v) is 5.71. The van der Waals surface area contributed by atoms with E-state index in [-0.39, 0.29) is 5.82 Å². The van der Waals surface area contributed by atoms with Gasteiger partial charge in [-0.25, -0.2) is 4.39 Å². The molecule has 2 atom stereocenters. The van der Waals surface area contributed by atoms with Gasteiger partial charge in [-0.2, -0.15) is 0 Å². The Morgan fingerprint density at radius 3 is 3.20 bits per heavy atom. The molecule has 1 saturated heterocycles. The van der Waals surface area contributed by atoms with Crippen LogP contribution in [-0.2, 0) is 6.42 Å². The molecule has 1 aliphatic carbocycles. The van der Waals surface area contributed by atoms with E-state index in [4.69, 9.17) is 0 Å². The van der Waals surface area contributed by atoms with Crippen molar-refractivity contribution in [3.8, 4) is 0 Å². The topological polar surface area (TPSA) is 12.0 Å². The van der Waals surface area contributed by atoms with Crippen LogP contribution in [0, 0.1) is 11.2 Å². The molecule has 1 heterocycles. The van der Waals surface area contributed by atoms with E-state index in [0.29, 0.717) is 11.5 Å². The maximum atomic E-state index is 13.2. The van der Waals surface area contributed by atoms with Crippen molar-refractivity contribution in [3.05, 3.63) is 35.1 Å². The van der Waals surface area contributed by atoms with Gasteiger partial charge in [-0.1, -0.05) is 13.0 Å². The molecule has 0 radical (unpaired) electrons. The highest BCUT2D eigenvalue weighted by Crippen LogP contribution is 2.50. The predicted octanol–water partition coefficient (Wildman–Crippen LogP) is 2.81. The first-order chi connectivity index (χ1) is 7.19. The predicted molar refractivity (Wildman–Crippen MR) is 58.2 cm³/mol. The Bertz CT molecular complexity index is 402. The molecule has 1 aromatic rings. The molecule has 0 bridgehead atoms. The van der Waals surface area contributed by atoms with Gasteiger partial charge in [-0.3, -0.25) is 0 Å². The zero-order valence-corrected chi connectivity index (χ0v) is 9.02. The fraction of sp³-hybridized carbons (Fsp3) is 0.538. The van der Waals surface area contributed by atoms with Gasteiger partial charge in [-0.15, -0.1) is 0 Å². The van der Waals surface area contributed by atoms with Gasteiger partial charge in [-0.05, 0) is 54.5 Å². The molecule has 1 nitrogen and oxygen atoms in total. The molecule has 3 rings (SSSR count). The molecule has 0 saturated carbocycles. The summed E-state index contributed by atoms with van der Waals surface area (Å²) in [6.45, 7) is 3.39. The molecule has 0 unspecified atom stereocenters. The summed E-state index contributed by atoms with van der Waals surface area (Å²) < 4.78 is 13.2. The van der Waals surface area contributed by atoms with Crippen LogP contribution in [-0.4, -0.2) is 6.54 Å². The average molecular weight is 205 g/mol. The van der Waals surface area contributed by atoms with Gasteiger partial charge < -0.3 is 5.32 Å². The quantitative estimate of drug-likeness (QED) is 0.686. The number of hydrogen-bond donors (Lipinski definition) is 1. The van der Waals surface area contributed by atoms with Crippen LogP contribution in [0.25, 0.3) is 0 Å². The SMILES string of the molecule is C[C@@]12CCCN[C@@H]1c1cc(F)ccc1C2. The Hall–Kier alpha value is -0.890. The number of fused-ring (bicyclic) bond motifs is 3. The van der Waals surface area contributed by atoms with E-state index in [0.717, 1.165) is 13.0 Å². The Kier molecular flexibility index (Phi) is 1.90. The Labute approximate surface area is 89.7 Å². The van der Waals surface area contributed by atoms with Crippen molar-refractivity contribution in [2.45, 2.75) is 32.2 Å². The van der Waals surface area contributed by atoms with Gasteiger partial charge in [0.1, 0.15) is 5.82 Å². The van der Waals surface area contributed by atoms with Crippen LogP contribution >= 0.6 is 0 Å². The van der Waals surface area contributed by atoms with E-state index in [9.17, 15) is 4.39 Å². The zero-order chi connectivity index (χ0) is 10.5. The third kappa shape index (κ3) is 1.31. The smallest absolute Gasteiger partial charge is 0.123 e. The lowest BCUT2D eigenvalue weighted by Crippen LogP contribution is -2.38. The van der Waals surface area contributed by atoms with E-state index in [2.05, 4.69) is 12.2 Å². The molecule has 0 amide bonds. The van der Waals surface area contributed by atoms with Crippen molar-refractivity contribution in [1.82, 2.24) is 5.32 Å². The second-order valence-corrected chi connectivity index (χ2v) is 5.16. The molecule has 2 heteroatoms. The highest BCUT2D eigenvalue weighted by Gasteiger charge is 2.43. The number of benzene rings is 1. The molecular formula is C13H16FN. The highest BCUT2D eigenvalue weighted by molar-refractivity contribution is 5.38. The summed E-state index contributed by atoms with van der Waals surface area (Å²) in [5.74, 6) is -0.106. The normalized spacial score (nSPS) is 33.6. The summed E-state index contributed by atoms with van der Waals surface area (Å²) in [7, 11) is 0. The zero-order valence-electron chi connectivity index (χ0n) is 9.02. The first kappa shape index (κ1) is 9.34. The summed E-state index contributed by atoms with van der Waals surface area (Å²) in [5, 5.41) is 3.54. The second kappa shape index (κ2) is 3.05. The van der Waals surface area contributed by atoms with Gasteiger partial charge >= 0.3 is 0 Å². The van der Waals surface area contributed by atoms with E-state index < -0.39 is 0 Å². The fourth-order valence-corrected chi connectivity index (χ4v) is 3.24. The van der Waals surface area contributed by atoms with E-state index in [1.807, 2.05) is 6.07 Å².